The fraction of sp³-hybridized carbons (Fsp3) is 0.211. The number of ether oxygens (including phenoxy) is 2. The molecule has 1 aliphatic heterocycles. The topological polar surface area (TPSA) is 139 Å². The second-order valence-electron chi connectivity index (χ2n) is 5.84. The summed E-state index contributed by atoms with van der Waals surface area (Å²) in [7, 11) is 0. The van der Waals surface area contributed by atoms with E-state index in [1.807, 2.05) is 6.07 Å². The predicted molar refractivity (Wildman–Crippen MR) is 94.3 cm³/mol. The van der Waals surface area contributed by atoms with E-state index in [2.05, 4.69) is 10.3 Å². The molecule has 1 aliphatic rings. The molecule has 0 saturated heterocycles. The van der Waals surface area contributed by atoms with E-state index in [1.54, 1.807) is 6.92 Å². The van der Waals surface area contributed by atoms with Crippen LogP contribution in [0.3, 0.4) is 0 Å². The van der Waals surface area contributed by atoms with Crippen molar-refractivity contribution in [3.63, 3.8) is 0 Å². The molecule has 0 radical (unpaired) electrons. The molecule has 1 unspecified atom stereocenters. The van der Waals surface area contributed by atoms with E-state index >= 15 is 0 Å². The van der Waals surface area contributed by atoms with Crippen molar-refractivity contribution in [2.75, 3.05) is 11.9 Å². The maximum Gasteiger partial charge on any atom is 0.318 e. The lowest BCUT2D eigenvalue weighted by Crippen LogP contribution is -2.41. The average Bonchev–Trinajstić information content (AvgIpc) is 2.93. The van der Waals surface area contributed by atoms with Gasteiger partial charge in [-0.05, 0) is 37.3 Å². The zero-order valence-electron chi connectivity index (χ0n) is 14.8. The number of aromatic nitrogens is 1. The lowest BCUT2D eigenvalue weighted by molar-refractivity contribution is -0.165. The van der Waals surface area contributed by atoms with E-state index < -0.39 is 29.9 Å². The summed E-state index contributed by atoms with van der Waals surface area (Å²) in [5.41, 5.74) is -1.15. The number of pyridine rings is 1. The van der Waals surface area contributed by atoms with Crippen LogP contribution < -0.4 is 10.1 Å². The third-order valence-electron chi connectivity index (χ3n) is 4.09. The fourth-order valence-corrected chi connectivity index (χ4v) is 3.01. The summed E-state index contributed by atoms with van der Waals surface area (Å²) in [6, 6.07) is 9.41. The minimum atomic E-state index is -2.03. The van der Waals surface area contributed by atoms with Crippen LogP contribution in [0.4, 0.5) is 5.69 Å². The van der Waals surface area contributed by atoms with Crippen LogP contribution in [0.1, 0.15) is 30.0 Å². The van der Waals surface area contributed by atoms with Crippen LogP contribution in [0.5, 0.6) is 5.88 Å². The molecule has 28 heavy (non-hydrogen) atoms. The van der Waals surface area contributed by atoms with Crippen molar-refractivity contribution in [3.05, 3.63) is 53.2 Å². The summed E-state index contributed by atoms with van der Waals surface area (Å²) in [6.45, 7) is 1.95. The van der Waals surface area contributed by atoms with Crippen LogP contribution in [0.25, 0.3) is 0 Å². The van der Waals surface area contributed by atoms with Gasteiger partial charge >= 0.3 is 11.9 Å². The second-order valence-corrected chi connectivity index (χ2v) is 5.84. The lowest BCUT2D eigenvalue weighted by Gasteiger charge is -2.28. The van der Waals surface area contributed by atoms with Gasteiger partial charge in [0.2, 0.25) is 11.5 Å². The highest BCUT2D eigenvalue weighted by molar-refractivity contribution is 6.09. The Morgan fingerprint density at radius 2 is 2.11 bits per heavy atom. The number of carboxylic acids is 1. The smallest absolute Gasteiger partial charge is 0.318 e. The van der Waals surface area contributed by atoms with Crippen LogP contribution in [0.15, 0.2) is 36.5 Å². The first kappa shape index (κ1) is 18.8. The van der Waals surface area contributed by atoms with Crippen molar-refractivity contribution in [2.24, 2.45) is 0 Å². The Kier molecular flexibility index (Phi) is 4.96. The molecule has 2 heterocycles. The molecule has 1 amide bonds. The Balaban J connectivity index is 2.26. The first-order valence-electron chi connectivity index (χ1n) is 8.30. The number of carbonyl (C=O) groups is 3. The van der Waals surface area contributed by atoms with Gasteiger partial charge in [-0.2, -0.15) is 5.26 Å². The van der Waals surface area contributed by atoms with Crippen molar-refractivity contribution in [2.45, 2.75) is 18.9 Å². The fourth-order valence-electron chi connectivity index (χ4n) is 3.01. The highest BCUT2D eigenvalue weighted by atomic mass is 16.6. The Labute approximate surface area is 159 Å². The third-order valence-corrected chi connectivity index (χ3v) is 4.09. The van der Waals surface area contributed by atoms with Gasteiger partial charge in [-0.1, -0.05) is 0 Å². The number of nitrogens with zero attached hydrogens (tertiary/aromatic N) is 2. The largest absolute Gasteiger partial charge is 0.481 e. The summed E-state index contributed by atoms with van der Waals surface area (Å²) < 4.78 is 11.0. The first-order valence-corrected chi connectivity index (χ1v) is 8.30. The molecule has 9 heteroatoms. The molecule has 1 aromatic heterocycles. The maximum absolute atomic E-state index is 13.0. The van der Waals surface area contributed by atoms with E-state index in [1.165, 1.54) is 36.5 Å². The number of hydrogen-bond acceptors (Lipinski definition) is 7. The van der Waals surface area contributed by atoms with Crippen molar-refractivity contribution in [3.8, 4) is 11.9 Å². The van der Waals surface area contributed by atoms with Gasteiger partial charge in [0.05, 0.1) is 23.8 Å². The van der Waals surface area contributed by atoms with Crippen molar-refractivity contribution < 1.29 is 29.0 Å². The SMILES string of the molecule is CCOc1ncccc1C1(OC(=O)CC(=O)O)C(=O)Nc2ccc(C#N)cc21. The molecule has 2 N–H and O–H groups in total. The van der Waals surface area contributed by atoms with Gasteiger partial charge in [0.1, 0.15) is 6.42 Å². The molecule has 0 aliphatic carbocycles. The van der Waals surface area contributed by atoms with Crippen LogP contribution in [-0.2, 0) is 24.7 Å². The van der Waals surface area contributed by atoms with E-state index in [0.29, 0.717) is 5.69 Å². The molecule has 0 saturated carbocycles. The van der Waals surface area contributed by atoms with Crippen LogP contribution in [0.2, 0.25) is 0 Å². The molecule has 1 aromatic carbocycles. The number of hydrogen-bond donors (Lipinski definition) is 2. The van der Waals surface area contributed by atoms with Gasteiger partial charge in [-0.3, -0.25) is 14.4 Å². The van der Waals surface area contributed by atoms with Gasteiger partial charge in [0.15, 0.2) is 0 Å². The summed E-state index contributed by atoms with van der Waals surface area (Å²) in [5, 5.41) is 20.8. The van der Waals surface area contributed by atoms with Crippen molar-refractivity contribution in [1.82, 2.24) is 4.98 Å². The lowest BCUT2D eigenvalue weighted by atomic mass is 9.86. The Morgan fingerprint density at radius 3 is 2.79 bits per heavy atom. The molecule has 3 rings (SSSR count). The molecule has 9 nitrogen and oxygen atoms in total. The molecular weight excluding hydrogens is 366 g/mol. The Morgan fingerprint density at radius 1 is 1.32 bits per heavy atom. The molecule has 0 spiro atoms. The monoisotopic (exact) mass is 381 g/mol. The summed E-state index contributed by atoms with van der Waals surface area (Å²) in [5.74, 6) is -3.19. The molecule has 1 atom stereocenters. The molecule has 0 fully saturated rings. The predicted octanol–water partition coefficient (Wildman–Crippen LogP) is 1.57. The Hall–Kier alpha value is -3.93. The van der Waals surface area contributed by atoms with Crippen molar-refractivity contribution in [1.29, 1.82) is 5.26 Å². The minimum absolute atomic E-state index is 0.0542. The number of fused-ring (bicyclic) bond motifs is 1. The number of nitriles is 1. The van der Waals surface area contributed by atoms with Gasteiger partial charge in [-0.15, -0.1) is 0 Å². The van der Waals surface area contributed by atoms with Gasteiger partial charge in [0, 0.05) is 17.4 Å². The standard InChI is InChI=1S/C19H15N3O6/c1-2-27-17-12(4-3-7-21-17)19(28-16(25)9-15(23)24)13-8-11(10-20)5-6-14(13)22-18(19)26/h3-8H,2,9H2,1H3,(H,22,26)(H,23,24). The van der Waals surface area contributed by atoms with Crippen LogP contribution >= 0.6 is 0 Å². The minimum Gasteiger partial charge on any atom is -0.481 e. The summed E-state index contributed by atoms with van der Waals surface area (Å²) >= 11 is 0. The highest BCUT2D eigenvalue weighted by Gasteiger charge is 2.54. The van der Waals surface area contributed by atoms with Gasteiger partial charge < -0.3 is 19.9 Å². The van der Waals surface area contributed by atoms with E-state index in [-0.39, 0.29) is 29.2 Å². The summed E-state index contributed by atoms with van der Waals surface area (Å²) in [4.78, 5) is 40.3. The number of esters is 1. The highest BCUT2D eigenvalue weighted by Crippen LogP contribution is 2.47. The first-order chi connectivity index (χ1) is 13.4. The van der Waals surface area contributed by atoms with E-state index in [4.69, 9.17) is 14.6 Å². The summed E-state index contributed by atoms with van der Waals surface area (Å²) in [6.07, 6.45) is 0.507. The molecule has 0 bridgehead atoms. The van der Waals surface area contributed by atoms with Gasteiger partial charge in [-0.25, -0.2) is 4.98 Å². The number of aliphatic carboxylic acids is 1. The normalized spacial score (nSPS) is 17.2. The zero-order valence-corrected chi connectivity index (χ0v) is 14.8. The number of rotatable bonds is 6. The quantitative estimate of drug-likeness (QED) is 0.568. The van der Waals surface area contributed by atoms with E-state index in [9.17, 15) is 19.6 Å². The third kappa shape index (κ3) is 3.12. The van der Waals surface area contributed by atoms with Crippen LogP contribution in [0, 0.1) is 11.3 Å². The van der Waals surface area contributed by atoms with E-state index in [0.717, 1.165) is 0 Å². The maximum atomic E-state index is 13.0. The average molecular weight is 381 g/mol. The number of benzene rings is 1. The number of carbonyl (C=O) groups excluding carboxylic acids is 2. The number of anilines is 1. The molecule has 2 aromatic rings. The van der Waals surface area contributed by atoms with Crippen molar-refractivity contribution >= 4 is 23.5 Å². The van der Waals surface area contributed by atoms with Crippen LogP contribution in [-0.4, -0.2) is 34.5 Å². The number of carboxylic acid groups (broad SMARTS) is 1. The van der Waals surface area contributed by atoms with Gasteiger partial charge in [0.25, 0.3) is 5.91 Å². The molecule has 142 valence electrons. The second kappa shape index (κ2) is 7.36. The molecular formula is C19H15N3O6. The number of nitrogens with one attached hydrogen (secondary N) is 1. The zero-order chi connectivity index (χ0) is 20.3. The number of amides is 1. The Bertz CT molecular complexity index is 1010.